The Balaban J connectivity index is 5.43. The predicted octanol–water partition coefficient (Wildman–Crippen LogP) is 4.06. The van der Waals surface area contributed by atoms with Gasteiger partial charge in [0.15, 0.2) is 0 Å². The van der Waals surface area contributed by atoms with Crippen molar-refractivity contribution in [2.75, 3.05) is 32.4 Å². The Bertz CT molecular complexity index is 765. The largest absolute Gasteiger partial charge is 0.355 e. The van der Waals surface area contributed by atoms with Crippen LogP contribution >= 0.6 is 0 Å². The van der Waals surface area contributed by atoms with Crippen LogP contribution in [0.5, 0.6) is 0 Å². The number of unbranched alkanes of at least 4 members (excludes halogenated alkanes) is 3. The zero-order valence-electron chi connectivity index (χ0n) is 24.3. The molecule has 3 N–H and O–H groups in total. The Labute approximate surface area is 226 Å². The third kappa shape index (κ3) is 14.3. The summed E-state index contributed by atoms with van der Waals surface area (Å²) in [6.45, 7) is 14.9. The van der Waals surface area contributed by atoms with Gasteiger partial charge in [-0.15, -0.1) is 0 Å². The number of hydrogen-bond donors (Lipinski definition) is 3. The van der Waals surface area contributed by atoms with Crippen LogP contribution in [0.1, 0.15) is 105 Å². The fourth-order valence-corrected chi connectivity index (χ4v) is 5.61. The van der Waals surface area contributed by atoms with Crippen LogP contribution in [0, 0.1) is 0 Å². The number of amides is 2. The molecular formula is C27H54N4O5S. The number of rotatable bonds is 23. The highest BCUT2D eigenvalue weighted by atomic mass is 32.2. The van der Waals surface area contributed by atoms with Gasteiger partial charge in [-0.05, 0) is 46.1 Å². The second kappa shape index (κ2) is 19.6. The molecule has 0 aliphatic carbocycles. The van der Waals surface area contributed by atoms with E-state index in [1.54, 1.807) is 19.0 Å². The van der Waals surface area contributed by atoms with Crippen molar-refractivity contribution in [2.24, 2.45) is 0 Å². The first-order chi connectivity index (χ1) is 17.5. The molecule has 2 amide bonds. The van der Waals surface area contributed by atoms with Crippen molar-refractivity contribution in [2.45, 2.75) is 117 Å². The van der Waals surface area contributed by atoms with Crippen molar-refractivity contribution in [1.82, 2.24) is 21.0 Å². The predicted molar refractivity (Wildman–Crippen MR) is 151 cm³/mol. The van der Waals surface area contributed by atoms with Gasteiger partial charge >= 0.3 is 0 Å². The summed E-state index contributed by atoms with van der Waals surface area (Å²) >= 11 is 0. The van der Waals surface area contributed by atoms with Crippen LogP contribution in [0.25, 0.3) is 0 Å². The summed E-state index contributed by atoms with van der Waals surface area (Å²) < 4.78 is 32.4. The van der Waals surface area contributed by atoms with Crippen LogP contribution in [0.3, 0.4) is 0 Å². The lowest BCUT2D eigenvalue weighted by molar-refractivity contribution is -0.153. The minimum atomic E-state index is -4.04. The molecule has 0 radical (unpaired) electrons. The van der Waals surface area contributed by atoms with Gasteiger partial charge in [0.05, 0.1) is 0 Å². The summed E-state index contributed by atoms with van der Waals surface area (Å²) in [7, 11) is -2.48. The van der Waals surface area contributed by atoms with Crippen molar-refractivity contribution in [3.05, 3.63) is 12.2 Å². The van der Waals surface area contributed by atoms with E-state index in [1.165, 1.54) is 0 Å². The Hall–Kier alpha value is -1.49. The van der Waals surface area contributed by atoms with E-state index < -0.39 is 27.8 Å². The first kappa shape index (κ1) is 35.5. The summed E-state index contributed by atoms with van der Waals surface area (Å²) in [5.41, 5.74) is 0.0825. The van der Waals surface area contributed by atoms with E-state index in [0.29, 0.717) is 31.6 Å². The molecule has 0 aromatic carbocycles. The Morgan fingerprint density at radius 1 is 0.892 bits per heavy atom. The maximum atomic E-state index is 13.3. The van der Waals surface area contributed by atoms with Gasteiger partial charge in [-0.1, -0.05) is 72.8 Å². The molecule has 0 aromatic rings. The van der Waals surface area contributed by atoms with E-state index in [-0.39, 0.29) is 11.4 Å². The van der Waals surface area contributed by atoms with Gasteiger partial charge in [0.2, 0.25) is 11.8 Å². The summed E-state index contributed by atoms with van der Waals surface area (Å²) in [6.07, 6.45) is 9.92. The molecule has 0 saturated heterocycles. The zero-order chi connectivity index (χ0) is 28.3. The second-order valence-electron chi connectivity index (χ2n) is 9.96. The smallest absolute Gasteiger partial charge is 0.285 e. The molecule has 9 nitrogen and oxygen atoms in total. The van der Waals surface area contributed by atoms with Crippen LogP contribution in [0.15, 0.2) is 12.2 Å². The van der Waals surface area contributed by atoms with Crippen LogP contribution in [0.2, 0.25) is 0 Å². The number of carbonyl (C=O) groups is 2. The zero-order valence-corrected chi connectivity index (χ0v) is 25.1. The molecule has 0 heterocycles. The first-order valence-electron chi connectivity index (χ1n) is 14.1. The van der Waals surface area contributed by atoms with E-state index in [4.69, 9.17) is 4.28 Å². The van der Waals surface area contributed by atoms with E-state index in [2.05, 4.69) is 50.2 Å². The highest BCUT2D eigenvalue weighted by molar-refractivity contribution is 7.86. The molecule has 0 spiro atoms. The van der Waals surface area contributed by atoms with Gasteiger partial charge in [0.1, 0.15) is 11.8 Å². The topological polar surface area (TPSA) is 117 Å². The molecule has 10 heteroatoms. The first-order valence-corrected chi connectivity index (χ1v) is 15.7. The molecule has 0 aromatic heterocycles. The quantitative estimate of drug-likeness (QED) is 0.101. The molecule has 37 heavy (non-hydrogen) atoms. The summed E-state index contributed by atoms with van der Waals surface area (Å²) in [5, 5.41) is 10.0. The molecule has 0 aliphatic rings. The summed E-state index contributed by atoms with van der Waals surface area (Å²) in [6, 6.07) is -0.949. The number of carbonyl (C=O) groups excluding carboxylic acids is 2. The van der Waals surface area contributed by atoms with Crippen LogP contribution in [-0.2, 0) is 24.0 Å². The number of nitrogens with one attached hydrogen (secondary N) is 3. The van der Waals surface area contributed by atoms with E-state index >= 15 is 0 Å². The van der Waals surface area contributed by atoms with Crippen molar-refractivity contribution < 1.29 is 22.3 Å². The Morgan fingerprint density at radius 2 is 1.46 bits per heavy atom. The molecule has 1 unspecified atom stereocenters. The third-order valence-corrected chi connectivity index (χ3v) is 7.66. The number of likely N-dealkylation sites (N-methyl/N-ethyl adjacent to an activating group) is 1. The SMILES string of the molecule is C=C(C)C(=O)NCCCNC(=O)C(CS(=O)(=O)ON(CCCC)C(CCC)(CCCC)CCCC)NC. The molecule has 218 valence electrons. The fraction of sp³-hybridized carbons (Fsp3) is 0.852. The number of hydroxylamine groups is 2. The van der Waals surface area contributed by atoms with E-state index in [0.717, 1.165) is 64.2 Å². The molecule has 0 fully saturated rings. The maximum absolute atomic E-state index is 13.3. The molecular weight excluding hydrogens is 492 g/mol. The number of nitrogens with zero attached hydrogens (tertiary/aromatic N) is 1. The van der Waals surface area contributed by atoms with Gasteiger partial charge in [0, 0.05) is 30.7 Å². The van der Waals surface area contributed by atoms with Crippen LogP contribution < -0.4 is 16.0 Å². The standard InChI is InChI=1S/C27H54N4O5S/c1-8-12-17-27(16-11-4,18-13-9-2)31(21-14-10-3)36-37(34,35)22-24(28-7)26(33)30-20-15-19-29-25(32)23(5)6/h24,28H,5,8-22H2,1-4,6-7H3,(H,29,32)(H,30,33). The monoisotopic (exact) mass is 546 g/mol. The van der Waals surface area contributed by atoms with Crippen molar-refractivity contribution in [1.29, 1.82) is 0 Å². The summed E-state index contributed by atoms with van der Waals surface area (Å²) in [4.78, 5) is 24.2. The minimum absolute atomic E-state index is 0.229. The Kier molecular flexibility index (Phi) is 18.8. The van der Waals surface area contributed by atoms with Gasteiger partial charge in [0.25, 0.3) is 10.1 Å². The normalized spacial score (nSPS) is 12.9. The van der Waals surface area contributed by atoms with Crippen LogP contribution in [0.4, 0.5) is 0 Å². The van der Waals surface area contributed by atoms with Crippen molar-refractivity contribution in [3.63, 3.8) is 0 Å². The van der Waals surface area contributed by atoms with Crippen LogP contribution in [-0.4, -0.2) is 69.3 Å². The van der Waals surface area contributed by atoms with Gasteiger partial charge < -0.3 is 16.0 Å². The molecule has 0 rings (SSSR count). The minimum Gasteiger partial charge on any atom is -0.355 e. The lowest BCUT2D eigenvalue weighted by Gasteiger charge is -2.43. The second-order valence-corrected chi connectivity index (χ2v) is 11.6. The lowest BCUT2D eigenvalue weighted by atomic mass is 9.82. The van der Waals surface area contributed by atoms with E-state index in [1.807, 2.05) is 0 Å². The average Bonchev–Trinajstić information content (AvgIpc) is 2.86. The van der Waals surface area contributed by atoms with Gasteiger partial charge in [-0.25, -0.2) is 0 Å². The number of hydrogen-bond acceptors (Lipinski definition) is 7. The lowest BCUT2D eigenvalue weighted by Crippen LogP contribution is -2.52. The molecule has 0 saturated carbocycles. The fourth-order valence-electron chi connectivity index (χ4n) is 4.32. The average molecular weight is 547 g/mol. The molecule has 1 atom stereocenters. The maximum Gasteiger partial charge on any atom is 0.285 e. The highest BCUT2D eigenvalue weighted by Crippen LogP contribution is 2.35. The van der Waals surface area contributed by atoms with E-state index in [9.17, 15) is 18.0 Å². The summed E-state index contributed by atoms with van der Waals surface area (Å²) in [5.74, 6) is -1.11. The van der Waals surface area contributed by atoms with Crippen molar-refractivity contribution >= 4 is 21.9 Å². The Morgan fingerprint density at radius 3 is 1.95 bits per heavy atom. The van der Waals surface area contributed by atoms with Crippen molar-refractivity contribution in [3.8, 4) is 0 Å². The van der Waals surface area contributed by atoms with Gasteiger partial charge in [-0.2, -0.15) is 17.8 Å². The molecule has 0 aliphatic heterocycles. The third-order valence-electron chi connectivity index (χ3n) is 6.52. The molecule has 0 bridgehead atoms. The highest BCUT2D eigenvalue weighted by Gasteiger charge is 2.39. The van der Waals surface area contributed by atoms with Gasteiger partial charge in [-0.3, -0.25) is 9.59 Å².